The maximum Gasteiger partial charge on any atom is 0.340 e. The summed E-state index contributed by atoms with van der Waals surface area (Å²) in [6.07, 6.45) is 12.5. The van der Waals surface area contributed by atoms with Crippen LogP contribution in [0.3, 0.4) is 0 Å². The number of hydrogen-bond donors (Lipinski definition) is 3. The first kappa shape index (κ1) is 26.0. The second-order valence-corrected chi connectivity index (χ2v) is 10.3. The van der Waals surface area contributed by atoms with E-state index in [4.69, 9.17) is 9.47 Å². The fraction of sp³-hybridized carbons (Fsp3) is 0.406. The summed E-state index contributed by atoms with van der Waals surface area (Å²) in [5, 5.41) is 24.4. The van der Waals surface area contributed by atoms with Crippen molar-refractivity contribution in [3.05, 3.63) is 76.9 Å². The van der Waals surface area contributed by atoms with Crippen LogP contribution in [0.5, 0.6) is 23.0 Å². The Morgan fingerprint density at radius 1 is 0.789 bits per heavy atom. The predicted octanol–water partition coefficient (Wildman–Crippen LogP) is 8.00. The van der Waals surface area contributed by atoms with Gasteiger partial charge in [0.2, 0.25) is 0 Å². The highest BCUT2D eigenvalue weighted by Crippen LogP contribution is 2.59. The van der Waals surface area contributed by atoms with E-state index in [2.05, 4.69) is 12.2 Å². The monoisotopic (exact) mass is 515 g/mol. The van der Waals surface area contributed by atoms with Crippen molar-refractivity contribution >= 4 is 11.7 Å². The lowest BCUT2D eigenvalue weighted by Gasteiger charge is -2.37. The van der Waals surface area contributed by atoms with E-state index in [1.165, 1.54) is 57.4 Å². The van der Waals surface area contributed by atoms with Crippen molar-refractivity contribution in [1.82, 2.24) is 0 Å². The van der Waals surface area contributed by atoms with Crippen LogP contribution in [-0.2, 0) is 10.3 Å². The lowest BCUT2D eigenvalue weighted by Crippen LogP contribution is -2.33. The second-order valence-electron chi connectivity index (χ2n) is 10.3. The Hall–Kier alpha value is -3.67. The minimum Gasteiger partial charge on any atom is -0.508 e. The highest BCUT2D eigenvalue weighted by molar-refractivity contribution is 5.97. The van der Waals surface area contributed by atoms with Crippen LogP contribution < -0.4 is 10.1 Å². The summed E-state index contributed by atoms with van der Waals surface area (Å²) in [6.45, 7) is 2.93. The van der Waals surface area contributed by atoms with Gasteiger partial charge in [-0.05, 0) is 36.8 Å². The maximum absolute atomic E-state index is 13.0. The number of phenols is 2. The van der Waals surface area contributed by atoms with Gasteiger partial charge in [-0.2, -0.15) is 0 Å². The summed E-state index contributed by atoms with van der Waals surface area (Å²) >= 11 is 0. The zero-order valence-electron chi connectivity index (χ0n) is 22.1. The van der Waals surface area contributed by atoms with Gasteiger partial charge in [0.05, 0.1) is 11.1 Å². The molecule has 3 aromatic rings. The highest BCUT2D eigenvalue weighted by Gasteiger charge is 2.54. The molecule has 6 nitrogen and oxygen atoms in total. The van der Waals surface area contributed by atoms with E-state index in [1.807, 2.05) is 18.2 Å². The van der Waals surface area contributed by atoms with Crippen molar-refractivity contribution in [3.63, 3.8) is 0 Å². The average Bonchev–Trinajstić information content (AvgIpc) is 3.21. The minimum atomic E-state index is -1.23. The summed E-state index contributed by atoms with van der Waals surface area (Å²) in [5.41, 5.74) is 1.71. The Labute approximate surface area is 224 Å². The molecule has 5 rings (SSSR count). The summed E-state index contributed by atoms with van der Waals surface area (Å²) in [7, 11) is 0. The van der Waals surface area contributed by atoms with Crippen LogP contribution in [0.15, 0.2) is 54.6 Å². The van der Waals surface area contributed by atoms with E-state index in [-0.39, 0.29) is 11.5 Å². The van der Waals surface area contributed by atoms with Crippen LogP contribution in [-0.4, -0.2) is 22.7 Å². The number of aromatic hydroxyl groups is 2. The molecule has 0 saturated heterocycles. The fourth-order valence-corrected chi connectivity index (χ4v) is 5.71. The van der Waals surface area contributed by atoms with E-state index in [0.717, 1.165) is 12.8 Å². The van der Waals surface area contributed by atoms with Crippen molar-refractivity contribution in [2.75, 3.05) is 11.9 Å². The van der Waals surface area contributed by atoms with Gasteiger partial charge in [-0.15, -0.1) is 0 Å². The average molecular weight is 516 g/mol. The number of benzene rings is 3. The number of hydrogen-bond acceptors (Lipinski definition) is 6. The Morgan fingerprint density at radius 3 is 2.24 bits per heavy atom. The molecule has 0 amide bonds. The van der Waals surface area contributed by atoms with Crippen LogP contribution in [0.2, 0.25) is 0 Å². The number of phenolic OH excluding ortho intramolecular Hbond substituents is 2. The minimum absolute atomic E-state index is 0.0417. The number of ether oxygens (including phenoxy) is 2. The molecule has 2 aliphatic rings. The van der Waals surface area contributed by atoms with Gasteiger partial charge < -0.3 is 25.0 Å². The Bertz CT molecular complexity index is 1300. The number of unbranched alkanes of at least 4 members (excludes halogenated alkanes) is 9. The van der Waals surface area contributed by atoms with Crippen LogP contribution in [0.4, 0.5) is 5.69 Å². The van der Waals surface area contributed by atoms with Gasteiger partial charge in [-0.1, -0.05) is 82.9 Å². The number of nitrogens with one attached hydrogen (secondary N) is 1. The van der Waals surface area contributed by atoms with Gasteiger partial charge in [-0.25, -0.2) is 4.79 Å². The quantitative estimate of drug-likeness (QED) is 0.129. The Kier molecular flexibility index (Phi) is 7.77. The number of rotatable bonds is 12. The smallest absolute Gasteiger partial charge is 0.340 e. The van der Waals surface area contributed by atoms with E-state index < -0.39 is 11.6 Å². The first-order valence-electron chi connectivity index (χ1n) is 14.0. The first-order chi connectivity index (χ1) is 18.6. The van der Waals surface area contributed by atoms with Gasteiger partial charge in [0.15, 0.2) is 11.4 Å². The summed E-state index contributed by atoms with van der Waals surface area (Å²) in [6, 6.07) is 15.5. The van der Waals surface area contributed by atoms with E-state index in [0.29, 0.717) is 46.0 Å². The van der Waals surface area contributed by atoms with Crippen molar-refractivity contribution < 1.29 is 24.5 Å². The largest absolute Gasteiger partial charge is 0.508 e. The SMILES string of the molecule is CCCCCCCCCCCCNc1c(O)ccc2c1Oc1cc(O)ccc1C21OC(=O)c2ccccc21. The van der Waals surface area contributed by atoms with Crippen LogP contribution in [0, 0.1) is 0 Å². The van der Waals surface area contributed by atoms with Crippen LogP contribution in [0.1, 0.15) is 98.2 Å². The molecule has 3 N–H and O–H groups in total. The second kappa shape index (κ2) is 11.4. The van der Waals surface area contributed by atoms with Gasteiger partial charge >= 0.3 is 5.97 Å². The van der Waals surface area contributed by atoms with Crippen LogP contribution >= 0.6 is 0 Å². The number of anilines is 1. The molecule has 1 spiro atoms. The molecule has 0 fully saturated rings. The van der Waals surface area contributed by atoms with Crippen molar-refractivity contribution in [1.29, 1.82) is 0 Å². The van der Waals surface area contributed by atoms with Crippen molar-refractivity contribution in [2.24, 2.45) is 0 Å². The summed E-state index contributed by atoms with van der Waals surface area (Å²) in [4.78, 5) is 13.0. The van der Waals surface area contributed by atoms with Crippen molar-refractivity contribution in [2.45, 2.75) is 76.7 Å². The molecular weight excluding hydrogens is 478 g/mol. The third kappa shape index (κ3) is 4.80. The molecule has 0 aliphatic carbocycles. The van der Waals surface area contributed by atoms with Gasteiger partial charge in [0.1, 0.15) is 22.9 Å². The molecule has 38 heavy (non-hydrogen) atoms. The van der Waals surface area contributed by atoms with Crippen molar-refractivity contribution in [3.8, 4) is 23.0 Å². The van der Waals surface area contributed by atoms with Gasteiger partial charge in [0, 0.05) is 23.7 Å². The molecule has 1 unspecified atom stereocenters. The van der Waals surface area contributed by atoms with E-state index in [9.17, 15) is 15.0 Å². The molecule has 2 heterocycles. The molecule has 0 bridgehead atoms. The Balaban J connectivity index is 1.34. The number of fused-ring (bicyclic) bond motifs is 6. The number of carbonyl (C=O) groups is 1. The number of esters is 1. The Morgan fingerprint density at radius 2 is 1.47 bits per heavy atom. The summed E-state index contributed by atoms with van der Waals surface area (Å²) < 4.78 is 12.4. The molecule has 6 heteroatoms. The third-order valence-corrected chi connectivity index (χ3v) is 7.68. The molecule has 0 radical (unpaired) electrons. The molecule has 200 valence electrons. The highest BCUT2D eigenvalue weighted by atomic mass is 16.6. The molecule has 1 atom stereocenters. The first-order valence-corrected chi connectivity index (χ1v) is 14.0. The lowest BCUT2D eigenvalue weighted by atomic mass is 9.77. The molecule has 3 aromatic carbocycles. The van der Waals surface area contributed by atoms with E-state index >= 15 is 0 Å². The van der Waals surface area contributed by atoms with Crippen LogP contribution in [0.25, 0.3) is 0 Å². The zero-order chi connectivity index (χ0) is 26.5. The topological polar surface area (TPSA) is 88.0 Å². The fourth-order valence-electron chi connectivity index (χ4n) is 5.71. The third-order valence-electron chi connectivity index (χ3n) is 7.68. The molecule has 0 saturated carbocycles. The van der Waals surface area contributed by atoms with Gasteiger partial charge in [-0.3, -0.25) is 0 Å². The normalized spacial score (nSPS) is 16.9. The molecule has 0 aromatic heterocycles. The molecular formula is C32H37NO5. The van der Waals surface area contributed by atoms with E-state index in [1.54, 1.807) is 30.3 Å². The maximum atomic E-state index is 13.0. The van der Waals surface area contributed by atoms with Gasteiger partial charge in [0.25, 0.3) is 0 Å². The number of carbonyl (C=O) groups excluding carboxylic acids is 1. The zero-order valence-corrected chi connectivity index (χ0v) is 22.1. The summed E-state index contributed by atoms with van der Waals surface area (Å²) in [5.74, 6) is 0.474. The standard InChI is InChI=1S/C32H37NO5/c1-2-3-4-5-6-7-8-9-10-13-20-33-29-27(35)19-18-26-30(29)37-28-21-22(34)16-17-25(28)32(26)24-15-12-11-14-23(24)31(36)38-32/h11-12,14-19,21,33-35H,2-10,13,20H2,1H3. The lowest BCUT2D eigenvalue weighted by molar-refractivity contribution is 0.0224. The predicted molar refractivity (Wildman–Crippen MR) is 148 cm³/mol. The molecule has 2 aliphatic heterocycles.